The smallest absolute Gasteiger partial charge is 0.295 e. The number of fused-ring (bicyclic) bond motifs is 1. The van der Waals surface area contributed by atoms with E-state index in [4.69, 9.17) is 0 Å². The summed E-state index contributed by atoms with van der Waals surface area (Å²) in [6, 6.07) is 16.4. The van der Waals surface area contributed by atoms with Crippen molar-refractivity contribution in [3.05, 3.63) is 70.1 Å². The molecule has 0 spiro atoms. The maximum atomic E-state index is 12.4. The van der Waals surface area contributed by atoms with Gasteiger partial charge in [0.15, 0.2) is 0 Å². The molecule has 3 aromatic rings. The summed E-state index contributed by atoms with van der Waals surface area (Å²) >= 11 is 0. The summed E-state index contributed by atoms with van der Waals surface area (Å²) < 4.78 is 3.54. The second-order valence-corrected chi connectivity index (χ2v) is 5.81. The molecule has 0 N–H and O–H groups in total. The van der Waals surface area contributed by atoms with Gasteiger partial charge in [0.1, 0.15) is 0 Å². The molecule has 0 aliphatic heterocycles. The van der Waals surface area contributed by atoms with E-state index in [1.54, 1.807) is 4.57 Å². The third-order valence-corrected chi connectivity index (χ3v) is 4.04. The quantitative estimate of drug-likeness (QED) is 0.721. The molecule has 1 heterocycles. The predicted molar refractivity (Wildman–Crippen MR) is 86.8 cm³/mol. The first-order valence-corrected chi connectivity index (χ1v) is 7.31. The van der Waals surface area contributed by atoms with Gasteiger partial charge in [-0.3, -0.25) is 9.13 Å². The molecular formula is C18H20N2O. The lowest BCUT2D eigenvalue weighted by molar-refractivity contribution is 0.735. The Labute approximate surface area is 124 Å². The summed E-state index contributed by atoms with van der Waals surface area (Å²) in [7, 11) is 1.82. The van der Waals surface area contributed by atoms with Crippen molar-refractivity contribution in [3.8, 4) is 0 Å². The van der Waals surface area contributed by atoms with Gasteiger partial charge in [0, 0.05) is 7.05 Å². The fourth-order valence-electron chi connectivity index (χ4n) is 2.71. The first kappa shape index (κ1) is 13.7. The molecule has 0 radical (unpaired) electrons. The Kier molecular flexibility index (Phi) is 3.42. The maximum absolute atomic E-state index is 12.4. The molecule has 1 aromatic heterocycles. The highest BCUT2D eigenvalue weighted by Crippen LogP contribution is 2.17. The highest BCUT2D eigenvalue weighted by Gasteiger charge is 2.10. The van der Waals surface area contributed by atoms with Gasteiger partial charge < -0.3 is 0 Å². The van der Waals surface area contributed by atoms with E-state index in [1.165, 1.54) is 5.56 Å². The SMILES string of the molecule is CC(C)c1ccc(Cn2c(=O)n(C)c3ccccc32)cc1. The highest BCUT2D eigenvalue weighted by molar-refractivity contribution is 5.75. The summed E-state index contributed by atoms with van der Waals surface area (Å²) in [4.78, 5) is 12.4. The van der Waals surface area contributed by atoms with Crippen molar-refractivity contribution in [2.75, 3.05) is 0 Å². The van der Waals surface area contributed by atoms with Crippen LogP contribution < -0.4 is 5.69 Å². The molecule has 0 unspecified atom stereocenters. The second kappa shape index (κ2) is 5.24. The third-order valence-electron chi connectivity index (χ3n) is 4.04. The van der Waals surface area contributed by atoms with Crippen LogP contribution in [0.1, 0.15) is 30.9 Å². The second-order valence-electron chi connectivity index (χ2n) is 5.81. The minimum absolute atomic E-state index is 0.0316. The summed E-state index contributed by atoms with van der Waals surface area (Å²) in [5.74, 6) is 0.527. The Balaban J connectivity index is 2.02. The minimum Gasteiger partial charge on any atom is -0.295 e. The Morgan fingerprint density at radius 2 is 1.57 bits per heavy atom. The molecule has 2 aromatic carbocycles. The fourth-order valence-corrected chi connectivity index (χ4v) is 2.71. The summed E-state index contributed by atoms with van der Waals surface area (Å²) in [5, 5.41) is 0. The molecule has 3 heteroatoms. The van der Waals surface area contributed by atoms with E-state index in [9.17, 15) is 4.79 Å². The Hall–Kier alpha value is -2.29. The first-order chi connectivity index (χ1) is 10.1. The van der Waals surface area contributed by atoms with Gasteiger partial charge >= 0.3 is 5.69 Å². The topological polar surface area (TPSA) is 26.9 Å². The van der Waals surface area contributed by atoms with Crippen LogP contribution in [0.2, 0.25) is 0 Å². The molecule has 21 heavy (non-hydrogen) atoms. The van der Waals surface area contributed by atoms with Crippen LogP contribution in [0.15, 0.2) is 53.3 Å². The van der Waals surface area contributed by atoms with Crippen LogP contribution in [0.3, 0.4) is 0 Å². The van der Waals surface area contributed by atoms with Gasteiger partial charge in [-0.05, 0) is 29.2 Å². The molecule has 0 aliphatic carbocycles. The van der Waals surface area contributed by atoms with Crippen molar-refractivity contribution < 1.29 is 0 Å². The maximum Gasteiger partial charge on any atom is 0.329 e. The molecule has 0 atom stereocenters. The molecule has 0 bridgehead atoms. The zero-order valence-corrected chi connectivity index (χ0v) is 12.7. The molecule has 108 valence electrons. The van der Waals surface area contributed by atoms with E-state index in [2.05, 4.69) is 38.1 Å². The number of nitrogens with zero attached hydrogens (tertiary/aromatic N) is 2. The van der Waals surface area contributed by atoms with E-state index >= 15 is 0 Å². The fraction of sp³-hybridized carbons (Fsp3) is 0.278. The Morgan fingerprint density at radius 1 is 0.952 bits per heavy atom. The molecular weight excluding hydrogens is 260 g/mol. The summed E-state index contributed by atoms with van der Waals surface area (Å²) in [6.45, 7) is 4.98. The monoisotopic (exact) mass is 280 g/mol. The van der Waals surface area contributed by atoms with Crippen LogP contribution >= 0.6 is 0 Å². The van der Waals surface area contributed by atoms with Gasteiger partial charge in [-0.1, -0.05) is 50.2 Å². The van der Waals surface area contributed by atoms with Crippen molar-refractivity contribution in [2.45, 2.75) is 26.3 Å². The van der Waals surface area contributed by atoms with E-state index in [0.29, 0.717) is 12.5 Å². The molecule has 3 nitrogen and oxygen atoms in total. The normalized spacial score (nSPS) is 11.4. The van der Waals surface area contributed by atoms with Crippen molar-refractivity contribution in [1.29, 1.82) is 0 Å². The molecule has 0 saturated heterocycles. The number of rotatable bonds is 3. The molecule has 3 rings (SSSR count). The zero-order chi connectivity index (χ0) is 15.0. The molecule has 0 saturated carbocycles. The Bertz CT molecular complexity index is 823. The Morgan fingerprint density at radius 3 is 2.19 bits per heavy atom. The molecule has 0 aliphatic rings. The van der Waals surface area contributed by atoms with Crippen molar-refractivity contribution in [3.63, 3.8) is 0 Å². The van der Waals surface area contributed by atoms with E-state index in [0.717, 1.165) is 16.6 Å². The van der Waals surface area contributed by atoms with Gasteiger partial charge in [-0.15, -0.1) is 0 Å². The number of hydrogen-bond donors (Lipinski definition) is 0. The van der Waals surface area contributed by atoms with Gasteiger partial charge in [0.2, 0.25) is 0 Å². The number of para-hydroxylation sites is 2. The van der Waals surface area contributed by atoms with Crippen LogP contribution in [0.5, 0.6) is 0 Å². The van der Waals surface area contributed by atoms with Crippen molar-refractivity contribution in [1.82, 2.24) is 9.13 Å². The average molecular weight is 280 g/mol. The van der Waals surface area contributed by atoms with E-state index in [-0.39, 0.29) is 5.69 Å². The lowest BCUT2D eigenvalue weighted by Gasteiger charge is -2.08. The van der Waals surface area contributed by atoms with Gasteiger partial charge in [0.25, 0.3) is 0 Å². The predicted octanol–water partition coefficient (Wildman–Crippen LogP) is 3.51. The first-order valence-electron chi connectivity index (χ1n) is 7.31. The van der Waals surface area contributed by atoms with Crippen LogP contribution in [-0.4, -0.2) is 9.13 Å². The van der Waals surface area contributed by atoms with Crippen molar-refractivity contribution >= 4 is 11.0 Å². The summed E-state index contributed by atoms with van der Waals surface area (Å²) in [6.07, 6.45) is 0. The molecule has 0 fully saturated rings. The average Bonchev–Trinajstić information content (AvgIpc) is 2.73. The van der Waals surface area contributed by atoms with Crippen LogP contribution in [-0.2, 0) is 13.6 Å². The number of hydrogen-bond acceptors (Lipinski definition) is 1. The number of aryl methyl sites for hydroxylation is 1. The third kappa shape index (κ3) is 2.40. The largest absolute Gasteiger partial charge is 0.329 e. The van der Waals surface area contributed by atoms with Crippen LogP contribution in [0, 0.1) is 0 Å². The standard InChI is InChI=1S/C18H20N2O/c1-13(2)15-10-8-14(9-11-15)12-20-17-7-5-4-6-16(17)19(3)18(20)21/h4-11,13H,12H2,1-3H3. The van der Waals surface area contributed by atoms with Crippen molar-refractivity contribution in [2.24, 2.45) is 7.05 Å². The highest BCUT2D eigenvalue weighted by atomic mass is 16.1. The lowest BCUT2D eigenvalue weighted by atomic mass is 10.0. The molecule has 0 amide bonds. The zero-order valence-electron chi connectivity index (χ0n) is 12.7. The summed E-state index contributed by atoms with van der Waals surface area (Å²) in [5.41, 5.74) is 4.46. The number of imidazole rings is 1. The van der Waals surface area contributed by atoms with Gasteiger partial charge in [-0.2, -0.15) is 0 Å². The van der Waals surface area contributed by atoms with E-state index < -0.39 is 0 Å². The van der Waals surface area contributed by atoms with Crippen LogP contribution in [0.4, 0.5) is 0 Å². The van der Waals surface area contributed by atoms with E-state index in [1.807, 2.05) is 35.9 Å². The number of aromatic nitrogens is 2. The van der Waals surface area contributed by atoms with Gasteiger partial charge in [0.05, 0.1) is 17.6 Å². The lowest BCUT2D eigenvalue weighted by Crippen LogP contribution is -2.22. The van der Waals surface area contributed by atoms with Crippen LogP contribution in [0.25, 0.3) is 11.0 Å². The van der Waals surface area contributed by atoms with Gasteiger partial charge in [-0.25, -0.2) is 4.79 Å². The number of benzene rings is 2. The minimum atomic E-state index is 0.0316.